The molecule has 0 saturated carbocycles. The van der Waals surface area contributed by atoms with Gasteiger partial charge in [0.2, 0.25) is 5.91 Å². The number of carbonyl (C=O) groups excluding carboxylic acids is 4. The summed E-state index contributed by atoms with van der Waals surface area (Å²) < 4.78 is 4.40. The Hall–Kier alpha value is -4.39. The van der Waals surface area contributed by atoms with E-state index in [4.69, 9.17) is 0 Å². The van der Waals surface area contributed by atoms with Crippen molar-refractivity contribution in [3.63, 3.8) is 0 Å². The maximum absolute atomic E-state index is 13.3. The van der Waals surface area contributed by atoms with E-state index >= 15 is 0 Å². The Morgan fingerprint density at radius 1 is 1.14 bits per heavy atom. The molecule has 0 unspecified atom stereocenters. The molecule has 2 aromatic carbocycles. The largest absolute Gasteiger partial charge is 0.466 e. The lowest BCUT2D eigenvalue weighted by Gasteiger charge is -2.17. The van der Waals surface area contributed by atoms with E-state index < -0.39 is 17.8 Å². The summed E-state index contributed by atoms with van der Waals surface area (Å²) in [6.45, 7) is 4.18. The van der Waals surface area contributed by atoms with Crippen LogP contribution in [0.5, 0.6) is 0 Å². The number of aliphatic hydroxyl groups excluding tert-OH is 1. The van der Waals surface area contributed by atoms with E-state index in [1.807, 2.05) is 37.4 Å². The molecule has 0 bridgehead atoms. The number of β-amino-alcohol motifs (C(OH)–C–C–N with tert-alkyl or cyclic N) is 1. The van der Waals surface area contributed by atoms with Crippen LogP contribution in [0.1, 0.15) is 52.3 Å². The number of nitrogens with one attached hydrogen (secondary N) is 3. The van der Waals surface area contributed by atoms with Crippen LogP contribution >= 0.6 is 11.3 Å². The molecule has 0 spiro atoms. The quantitative estimate of drug-likeness (QED) is 0.148. The summed E-state index contributed by atoms with van der Waals surface area (Å²) in [6.07, 6.45) is 4.58. The molecule has 43 heavy (non-hydrogen) atoms. The third-order valence-corrected chi connectivity index (χ3v) is 7.99. The number of carbonyl (C=O) groups is 4. The van der Waals surface area contributed by atoms with Gasteiger partial charge in [0, 0.05) is 43.4 Å². The van der Waals surface area contributed by atoms with Crippen LogP contribution in [0.25, 0.3) is 10.4 Å². The molecule has 226 valence electrons. The highest BCUT2D eigenvalue weighted by atomic mass is 32.1. The van der Waals surface area contributed by atoms with Gasteiger partial charge >= 0.3 is 5.97 Å². The number of hydrogen-bond donors (Lipinski definition) is 4. The van der Waals surface area contributed by atoms with Crippen molar-refractivity contribution < 1.29 is 29.0 Å². The Kier molecular flexibility index (Phi) is 11.1. The van der Waals surface area contributed by atoms with Crippen LogP contribution in [0.15, 0.2) is 66.9 Å². The second-order valence-electron chi connectivity index (χ2n) is 10.2. The first-order chi connectivity index (χ1) is 20.7. The van der Waals surface area contributed by atoms with E-state index in [1.165, 1.54) is 7.11 Å². The minimum atomic E-state index is -0.692. The van der Waals surface area contributed by atoms with Crippen LogP contribution in [0.2, 0.25) is 0 Å². The Labute approximate surface area is 253 Å². The van der Waals surface area contributed by atoms with Crippen LogP contribution < -0.4 is 16.2 Å². The zero-order chi connectivity index (χ0) is 30.8. The maximum Gasteiger partial charge on any atom is 0.330 e. The lowest BCUT2D eigenvalue weighted by Crippen LogP contribution is -2.41. The van der Waals surface area contributed by atoms with Crippen molar-refractivity contribution in [2.45, 2.75) is 44.9 Å². The number of esters is 1. The molecule has 1 saturated heterocycles. The van der Waals surface area contributed by atoms with Gasteiger partial charge in [-0.2, -0.15) is 0 Å². The molecule has 0 aliphatic carbocycles. The number of nitrogens with zero attached hydrogens (tertiary/aromatic N) is 2. The van der Waals surface area contributed by atoms with Crippen molar-refractivity contribution in [2.75, 3.05) is 20.2 Å². The van der Waals surface area contributed by atoms with Gasteiger partial charge in [0.25, 0.3) is 11.8 Å². The molecule has 3 aromatic rings. The van der Waals surface area contributed by atoms with E-state index in [9.17, 15) is 24.3 Å². The number of amides is 3. The maximum atomic E-state index is 13.3. The Balaban J connectivity index is 1.32. The van der Waals surface area contributed by atoms with Gasteiger partial charge in [-0.25, -0.2) is 9.78 Å². The highest BCUT2D eigenvalue weighted by Gasteiger charge is 2.21. The molecule has 1 fully saturated rings. The Morgan fingerprint density at radius 3 is 2.72 bits per heavy atom. The van der Waals surface area contributed by atoms with Crippen LogP contribution in [-0.2, 0) is 32.1 Å². The lowest BCUT2D eigenvalue weighted by atomic mass is 10.0. The number of methoxy groups -OCH3 is 1. The monoisotopic (exact) mass is 605 g/mol. The first-order valence-corrected chi connectivity index (χ1v) is 14.7. The second-order valence-corrected chi connectivity index (χ2v) is 11.3. The van der Waals surface area contributed by atoms with E-state index in [0.717, 1.165) is 52.7 Å². The molecule has 1 aliphatic rings. The fourth-order valence-electron chi connectivity index (χ4n) is 4.64. The van der Waals surface area contributed by atoms with E-state index in [-0.39, 0.29) is 30.9 Å². The number of ether oxygens (including phenoxy) is 1. The Morgan fingerprint density at radius 2 is 1.95 bits per heavy atom. The number of aromatic nitrogens is 1. The molecule has 1 aliphatic heterocycles. The minimum Gasteiger partial charge on any atom is -0.466 e. The fourth-order valence-corrected chi connectivity index (χ4v) is 5.59. The number of benzene rings is 2. The summed E-state index contributed by atoms with van der Waals surface area (Å²) in [5, 5.41) is 13.8. The summed E-state index contributed by atoms with van der Waals surface area (Å²) in [5.41, 5.74) is 7.58. The smallest absolute Gasteiger partial charge is 0.330 e. The summed E-state index contributed by atoms with van der Waals surface area (Å²) in [7, 11) is 1.19. The number of aryl methyl sites for hydroxylation is 1. The molecule has 12 heteroatoms. The molecule has 2 heterocycles. The molecule has 11 nitrogen and oxygen atoms in total. The van der Waals surface area contributed by atoms with Crippen LogP contribution in [0.3, 0.4) is 0 Å². The second kappa shape index (κ2) is 15.2. The SMILES string of the molecule is COC(=O)/C=C/C(=O)NNC(=O)CCc1ccccc1C(=O)N[C@H](C)c1cccc(-c2cnc(CN3CC[C@H](O)C3)s2)c1. The number of aliphatic hydroxyl groups is 1. The van der Waals surface area contributed by atoms with Gasteiger partial charge in [-0.3, -0.25) is 30.1 Å². The normalized spacial score (nSPS) is 15.7. The van der Waals surface area contributed by atoms with E-state index in [0.29, 0.717) is 17.7 Å². The van der Waals surface area contributed by atoms with Crippen molar-refractivity contribution in [3.8, 4) is 10.4 Å². The van der Waals surface area contributed by atoms with E-state index in [2.05, 4.69) is 30.8 Å². The summed E-state index contributed by atoms with van der Waals surface area (Å²) in [5.74, 6) is -2.09. The lowest BCUT2D eigenvalue weighted by molar-refractivity contribution is -0.135. The molecule has 0 radical (unpaired) electrons. The topological polar surface area (TPSA) is 150 Å². The molecule has 3 amide bonds. The summed E-state index contributed by atoms with van der Waals surface area (Å²) in [4.78, 5) is 56.1. The number of hydrazine groups is 1. The first-order valence-electron chi connectivity index (χ1n) is 13.9. The van der Waals surface area contributed by atoms with Crippen LogP contribution in [0.4, 0.5) is 0 Å². The van der Waals surface area contributed by atoms with Crippen LogP contribution in [0, 0.1) is 0 Å². The van der Waals surface area contributed by atoms with Gasteiger partial charge in [0.15, 0.2) is 0 Å². The van der Waals surface area contributed by atoms with Gasteiger partial charge in [-0.15, -0.1) is 11.3 Å². The van der Waals surface area contributed by atoms with Crippen molar-refractivity contribution in [3.05, 3.63) is 88.6 Å². The molecule has 1 aromatic heterocycles. The number of hydrogen-bond acceptors (Lipinski definition) is 9. The molecular weight excluding hydrogens is 570 g/mol. The zero-order valence-corrected chi connectivity index (χ0v) is 24.9. The number of rotatable bonds is 11. The van der Waals surface area contributed by atoms with Crippen molar-refractivity contribution in [1.29, 1.82) is 0 Å². The fraction of sp³-hybridized carbons (Fsp3) is 0.323. The predicted octanol–water partition coefficient (Wildman–Crippen LogP) is 2.68. The van der Waals surface area contributed by atoms with Gasteiger partial charge < -0.3 is 15.2 Å². The van der Waals surface area contributed by atoms with Gasteiger partial charge in [-0.05, 0) is 48.6 Å². The molecule has 2 atom stereocenters. The third-order valence-electron chi connectivity index (χ3n) is 6.96. The number of likely N-dealkylation sites (tertiary alicyclic amines) is 1. The zero-order valence-electron chi connectivity index (χ0n) is 24.0. The van der Waals surface area contributed by atoms with Crippen molar-refractivity contribution in [1.82, 2.24) is 26.1 Å². The molecular formula is C31H35N5O6S. The van der Waals surface area contributed by atoms with Crippen LogP contribution in [-0.4, -0.2) is 65.0 Å². The van der Waals surface area contributed by atoms with Gasteiger partial charge in [0.1, 0.15) is 5.01 Å². The average Bonchev–Trinajstić information content (AvgIpc) is 3.66. The van der Waals surface area contributed by atoms with Crippen molar-refractivity contribution >= 4 is 35.0 Å². The highest BCUT2D eigenvalue weighted by molar-refractivity contribution is 7.15. The molecule has 4 rings (SSSR count). The van der Waals surface area contributed by atoms with E-state index in [1.54, 1.807) is 35.6 Å². The number of thiazole rings is 1. The van der Waals surface area contributed by atoms with Crippen molar-refractivity contribution in [2.24, 2.45) is 0 Å². The highest BCUT2D eigenvalue weighted by Crippen LogP contribution is 2.29. The van der Waals surface area contributed by atoms with Gasteiger partial charge in [0.05, 0.1) is 30.7 Å². The summed E-state index contributed by atoms with van der Waals surface area (Å²) >= 11 is 1.62. The standard InChI is InChI=1S/C31H35N5O6S/c1-20(22-7-5-8-23(16-22)26-17-32-29(43-26)19-36-15-14-24(37)18-36)33-31(41)25-9-4-3-6-21(25)10-11-27(38)34-35-28(39)12-13-30(40)42-2/h3-9,12-13,16-17,20,24,37H,10-11,14-15,18-19H2,1-2H3,(H,33,41)(H,34,38)(H,35,39)/b13-12+/t20-,24+/m1/s1. The third kappa shape index (κ3) is 9.30. The Bertz CT molecular complexity index is 1490. The van der Waals surface area contributed by atoms with Gasteiger partial charge in [-0.1, -0.05) is 36.4 Å². The summed E-state index contributed by atoms with van der Waals surface area (Å²) in [6, 6.07) is 14.8. The average molecular weight is 606 g/mol. The molecule has 4 N–H and O–H groups in total. The first kappa shape index (κ1) is 31.5. The minimum absolute atomic E-state index is 0.0259. The predicted molar refractivity (Wildman–Crippen MR) is 162 cm³/mol.